The molecular formula is C22H30BLiO2. The van der Waals surface area contributed by atoms with E-state index in [0.29, 0.717) is 5.82 Å². The Morgan fingerprint density at radius 1 is 0.808 bits per heavy atom. The summed E-state index contributed by atoms with van der Waals surface area (Å²) >= 11 is 0. The summed E-state index contributed by atoms with van der Waals surface area (Å²) < 4.78 is 13.4. The van der Waals surface area contributed by atoms with Crippen LogP contribution < -0.4 is 24.3 Å². The Hall–Kier alpha value is -0.978. The Morgan fingerprint density at radius 2 is 1.27 bits per heavy atom. The molecule has 134 valence electrons. The average molecular weight is 344 g/mol. The SMILES string of the molecule is CCC(C)[B-]1(c2ccc(-c3ccccc3)cc2)OC(C)(C)C(C)(C)O1.[Li+]. The first-order valence-electron chi connectivity index (χ1n) is 9.43. The van der Waals surface area contributed by atoms with Crippen molar-refractivity contribution >= 4 is 12.0 Å². The summed E-state index contributed by atoms with van der Waals surface area (Å²) in [5.74, 6) is 0.323. The summed E-state index contributed by atoms with van der Waals surface area (Å²) in [7, 11) is 0. The van der Waals surface area contributed by atoms with Crippen LogP contribution in [0.1, 0.15) is 48.0 Å². The van der Waals surface area contributed by atoms with Crippen molar-refractivity contribution in [2.45, 2.75) is 65.0 Å². The maximum Gasteiger partial charge on any atom is 1.00 e. The second-order valence-electron chi connectivity index (χ2n) is 8.40. The van der Waals surface area contributed by atoms with Crippen LogP contribution in [-0.2, 0) is 9.31 Å². The number of benzene rings is 2. The van der Waals surface area contributed by atoms with Crippen molar-refractivity contribution in [2.75, 3.05) is 0 Å². The Balaban J connectivity index is 0.00000243. The van der Waals surface area contributed by atoms with Gasteiger partial charge in [-0.1, -0.05) is 74.9 Å². The summed E-state index contributed by atoms with van der Waals surface area (Å²) in [6, 6.07) is 19.2. The second kappa shape index (κ2) is 7.57. The molecule has 1 unspecified atom stereocenters. The largest absolute Gasteiger partial charge is 1.00 e. The van der Waals surface area contributed by atoms with Gasteiger partial charge < -0.3 is 9.31 Å². The van der Waals surface area contributed by atoms with Crippen LogP contribution in [0.25, 0.3) is 11.1 Å². The monoisotopic (exact) mass is 344 g/mol. The van der Waals surface area contributed by atoms with Crippen LogP contribution in [-0.4, -0.2) is 17.8 Å². The molecule has 1 aliphatic rings. The minimum absolute atomic E-state index is 0. The van der Waals surface area contributed by atoms with E-state index in [2.05, 4.69) is 90.1 Å². The molecule has 1 atom stereocenters. The van der Waals surface area contributed by atoms with Gasteiger partial charge in [0.15, 0.2) is 0 Å². The van der Waals surface area contributed by atoms with E-state index in [1.165, 1.54) is 11.1 Å². The molecule has 0 N–H and O–H groups in total. The first kappa shape index (κ1) is 21.3. The quantitative estimate of drug-likeness (QED) is 0.793. The van der Waals surface area contributed by atoms with Crippen molar-refractivity contribution < 1.29 is 28.2 Å². The molecular weight excluding hydrogens is 314 g/mol. The van der Waals surface area contributed by atoms with Crippen molar-refractivity contribution in [1.82, 2.24) is 0 Å². The molecule has 2 aromatic carbocycles. The van der Waals surface area contributed by atoms with E-state index < -0.39 is 6.55 Å². The zero-order valence-electron chi connectivity index (χ0n) is 17.4. The van der Waals surface area contributed by atoms with Gasteiger partial charge in [0.25, 0.3) is 6.55 Å². The normalized spacial score (nSPS) is 21.0. The van der Waals surface area contributed by atoms with E-state index in [9.17, 15) is 0 Å². The van der Waals surface area contributed by atoms with E-state index in [1.54, 1.807) is 0 Å². The molecule has 1 heterocycles. The van der Waals surface area contributed by atoms with Gasteiger partial charge in [-0.15, -0.1) is 5.82 Å². The molecule has 0 amide bonds. The summed E-state index contributed by atoms with van der Waals surface area (Å²) in [6.07, 6.45) is 1.02. The molecule has 2 nitrogen and oxygen atoms in total. The zero-order valence-corrected chi connectivity index (χ0v) is 17.4. The van der Waals surface area contributed by atoms with Gasteiger partial charge in [-0.05, 0) is 38.8 Å². The Kier molecular flexibility index (Phi) is 6.21. The molecule has 3 rings (SSSR count). The van der Waals surface area contributed by atoms with Crippen LogP contribution in [0.2, 0.25) is 5.82 Å². The van der Waals surface area contributed by atoms with E-state index in [1.807, 2.05) is 6.07 Å². The molecule has 0 saturated carbocycles. The van der Waals surface area contributed by atoms with Crippen molar-refractivity contribution in [3.8, 4) is 11.1 Å². The van der Waals surface area contributed by atoms with Gasteiger partial charge in [-0.3, -0.25) is 0 Å². The van der Waals surface area contributed by atoms with Gasteiger partial charge in [0, 0.05) is 11.2 Å². The van der Waals surface area contributed by atoms with Crippen molar-refractivity contribution in [3.05, 3.63) is 54.6 Å². The van der Waals surface area contributed by atoms with Crippen molar-refractivity contribution in [1.29, 1.82) is 0 Å². The summed E-state index contributed by atoms with van der Waals surface area (Å²) in [5.41, 5.74) is 2.96. The maximum atomic E-state index is 6.68. The molecule has 26 heavy (non-hydrogen) atoms. The van der Waals surface area contributed by atoms with Gasteiger partial charge >= 0.3 is 18.9 Å². The van der Waals surface area contributed by atoms with Gasteiger partial charge in [0.1, 0.15) is 0 Å². The summed E-state index contributed by atoms with van der Waals surface area (Å²) in [5, 5.41) is 0. The van der Waals surface area contributed by atoms with Gasteiger partial charge in [0.05, 0.1) is 0 Å². The number of hydrogen-bond donors (Lipinski definition) is 0. The van der Waals surface area contributed by atoms with Crippen LogP contribution in [0.3, 0.4) is 0 Å². The molecule has 0 radical (unpaired) electrons. The fourth-order valence-electron chi connectivity index (χ4n) is 3.76. The van der Waals surface area contributed by atoms with E-state index in [0.717, 1.165) is 11.9 Å². The molecule has 0 aromatic heterocycles. The molecule has 2 aromatic rings. The fraction of sp³-hybridized carbons (Fsp3) is 0.455. The van der Waals surface area contributed by atoms with Gasteiger partial charge in [0.2, 0.25) is 0 Å². The van der Waals surface area contributed by atoms with Crippen LogP contribution in [0.4, 0.5) is 0 Å². The molecule has 1 saturated heterocycles. The maximum absolute atomic E-state index is 6.68. The second-order valence-corrected chi connectivity index (χ2v) is 8.40. The topological polar surface area (TPSA) is 18.5 Å². The molecule has 1 aliphatic heterocycles. The predicted octanol–water partition coefficient (Wildman–Crippen LogP) is 2.41. The van der Waals surface area contributed by atoms with Crippen LogP contribution in [0.15, 0.2) is 54.6 Å². The first-order chi connectivity index (χ1) is 11.7. The number of rotatable bonds is 4. The van der Waals surface area contributed by atoms with E-state index in [-0.39, 0.29) is 30.1 Å². The smallest absolute Gasteiger partial charge is 0.558 e. The Bertz CT molecular complexity index is 710. The minimum Gasteiger partial charge on any atom is -0.558 e. The molecule has 0 spiro atoms. The minimum atomic E-state index is -1.51. The predicted molar refractivity (Wildman–Crippen MR) is 107 cm³/mol. The van der Waals surface area contributed by atoms with Crippen molar-refractivity contribution in [3.63, 3.8) is 0 Å². The van der Waals surface area contributed by atoms with Gasteiger partial charge in [-0.25, -0.2) is 0 Å². The summed E-state index contributed by atoms with van der Waals surface area (Å²) in [6.45, 7) is 11.5. The van der Waals surface area contributed by atoms with Crippen LogP contribution in [0.5, 0.6) is 0 Å². The van der Waals surface area contributed by atoms with Crippen LogP contribution in [0, 0.1) is 0 Å². The third-order valence-corrected chi connectivity index (χ3v) is 6.26. The van der Waals surface area contributed by atoms with E-state index >= 15 is 0 Å². The molecule has 0 bridgehead atoms. The van der Waals surface area contributed by atoms with Crippen LogP contribution >= 0.6 is 0 Å². The Morgan fingerprint density at radius 3 is 1.73 bits per heavy atom. The third-order valence-electron chi connectivity index (χ3n) is 6.26. The summed E-state index contributed by atoms with van der Waals surface area (Å²) in [4.78, 5) is 0. The molecule has 4 heteroatoms. The first-order valence-corrected chi connectivity index (χ1v) is 9.43. The molecule has 0 aliphatic carbocycles. The van der Waals surface area contributed by atoms with Crippen molar-refractivity contribution in [2.24, 2.45) is 0 Å². The number of hydrogen-bond acceptors (Lipinski definition) is 2. The molecule has 1 fully saturated rings. The average Bonchev–Trinajstić information content (AvgIpc) is 2.80. The standard InChI is InChI=1S/C22H30BO2.Li/c1-7-17(2)23(24-21(3,4)22(5,6)25-23)20-15-13-19(14-16-20)18-11-9-8-10-12-18;/h8-17H,7H2,1-6H3;/q-1;+1. The zero-order chi connectivity index (χ0) is 18.3. The third kappa shape index (κ3) is 3.56. The fourth-order valence-corrected chi connectivity index (χ4v) is 3.76. The van der Waals surface area contributed by atoms with E-state index in [4.69, 9.17) is 9.31 Å². The van der Waals surface area contributed by atoms with Gasteiger partial charge in [-0.2, -0.15) is 5.46 Å². The Labute approximate surface area is 170 Å².